The van der Waals surface area contributed by atoms with E-state index in [0.29, 0.717) is 12.2 Å². The Kier molecular flexibility index (Phi) is 3.15. The minimum Gasteiger partial charge on any atom is -0.504 e. The van der Waals surface area contributed by atoms with Crippen molar-refractivity contribution in [1.82, 2.24) is 9.88 Å². The maximum Gasteiger partial charge on any atom is 0.166 e. The number of piperidine rings is 1. The van der Waals surface area contributed by atoms with Crippen molar-refractivity contribution in [3.8, 4) is 11.5 Å². The molecular weight excluding hydrogens is 400 g/mol. The van der Waals surface area contributed by atoms with Gasteiger partial charge in [0.05, 0.1) is 16.7 Å². The van der Waals surface area contributed by atoms with Crippen LogP contribution in [0, 0.1) is 5.92 Å². The fraction of sp³-hybridized carbons (Fsp3) is 0.444. The van der Waals surface area contributed by atoms with E-state index in [2.05, 4.69) is 29.2 Å². The lowest BCUT2D eigenvalue weighted by molar-refractivity contribution is -0.173. The molecule has 2 aromatic carbocycles. The monoisotopic (exact) mass is 426 g/mol. The summed E-state index contributed by atoms with van der Waals surface area (Å²) in [5, 5.41) is 25.8. The molecule has 3 aromatic rings. The molecule has 0 radical (unpaired) electrons. The van der Waals surface area contributed by atoms with Gasteiger partial charge in [-0.1, -0.05) is 30.3 Å². The van der Waals surface area contributed by atoms with Crippen LogP contribution in [0.25, 0.3) is 10.8 Å². The Labute approximate surface area is 186 Å². The molecule has 5 nitrogen and oxygen atoms in total. The number of fused-ring (bicyclic) bond motifs is 4. The molecule has 1 spiro atoms. The molecule has 2 aliphatic heterocycles. The van der Waals surface area contributed by atoms with E-state index in [0.717, 1.165) is 59.4 Å². The highest BCUT2D eigenvalue weighted by molar-refractivity contribution is 5.86. The Hall–Kier alpha value is -2.63. The van der Waals surface area contributed by atoms with Gasteiger partial charge in [-0.25, -0.2) is 0 Å². The molecule has 3 heterocycles. The average Bonchev–Trinajstić information content (AvgIpc) is 3.54. The number of aromatic nitrogens is 1. The zero-order chi connectivity index (χ0) is 21.2. The standard InChI is InChI=1S/C27H26N2O3/c30-20-8-7-16-11-21-27(31)12-19-18-4-2-1-3-17(18)13-28-23(19)25-26(27,22(16)24(20)32-25)9-10-29(21)14-15-5-6-15/h1-4,7-8,13,15,21,25,30-31H,5-6,9-12,14H2/t21?,25-,26-,27+/m0/s1. The molecule has 32 heavy (non-hydrogen) atoms. The van der Waals surface area contributed by atoms with Crippen LogP contribution < -0.4 is 4.74 Å². The minimum absolute atomic E-state index is 0.0538. The predicted octanol–water partition coefficient (Wildman–Crippen LogP) is 3.64. The predicted molar refractivity (Wildman–Crippen MR) is 120 cm³/mol. The molecule has 1 saturated heterocycles. The summed E-state index contributed by atoms with van der Waals surface area (Å²) in [7, 11) is 0. The van der Waals surface area contributed by atoms with Crippen LogP contribution in [-0.2, 0) is 18.3 Å². The number of phenolic OH excluding ortho intramolecular Hbond substituents is 1. The molecule has 162 valence electrons. The van der Waals surface area contributed by atoms with Crippen LogP contribution in [0.15, 0.2) is 42.6 Å². The SMILES string of the molecule is Oc1ccc2c3c1O[C@H]1c4ncc5ccccc5c4C[C@@]4(O)C(C2)N(CC2CC2)CC[C@]314. The third-order valence-electron chi connectivity index (χ3n) is 9.15. The Morgan fingerprint density at radius 3 is 2.91 bits per heavy atom. The van der Waals surface area contributed by atoms with E-state index in [9.17, 15) is 10.2 Å². The van der Waals surface area contributed by atoms with Gasteiger partial charge in [0.2, 0.25) is 0 Å². The first-order chi connectivity index (χ1) is 15.6. The number of benzene rings is 2. The van der Waals surface area contributed by atoms with E-state index < -0.39 is 11.0 Å². The molecule has 1 saturated carbocycles. The lowest BCUT2D eigenvalue weighted by Gasteiger charge is -2.63. The number of likely N-dealkylation sites (tertiary alicyclic amines) is 1. The molecule has 1 aromatic heterocycles. The highest BCUT2D eigenvalue weighted by Crippen LogP contribution is 2.68. The van der Waals surface area contributed by atoms with Gasteiger partial charge in [-0.2, -0.15) is 0 Å². The third-order valence-corrected chi connectivity index (χ3v) is 9.15. The van der Waals surface area contributed by atoms with Crippen LogP contribution in [0.5, 0.6) is 11.5 Å². The molecule has 2 fully saturated rings. The number of hydrogen-bond acceptors (Lipinski definition) is 5. The van der Waals surface area contributed by atoms with E-state index in [1.165, 1.54) is 18.4 Å². The van der Waals surface area contributed by atoms with E-state index >= 15 is 0 Å². The third kappa shape index (κ3) is 1.93. The average molecular weight is 427 g/mol. The molecule has 2 bridgehead atoms. The summed E-state index contributed by atoms with van der Waals surface area (Å²) < 4.78 is 6.59. The molecule has 5 aliphatic rings. The summed E-state index contributed by atoms with van der Waals surface area (Å²) >= 11 is 0. The molecule has 8 rings (SSSR count). The molecule has 1 unspecified atom stereocenters. The maximum absolute atomic E-state index is 12.8. The first-order valence-corrected chi connectivity index (χ1v) is 11.9. The van der Waals surface area contributed by atoms with E-state index in [1.807, 2.05) is 12.3 Å². The summed E-state index contributed by atoms with van der Waals surface area (Å²) in [6.07, 6.45) is 6.40. The summed E-state index contributed by atoms with van der Waals surface area (Å²) in [5.74, 6) is 1.53. The largest absolute Gasteiger partial charge is 0.504 e. The van der Waals surface area contributed by atoms with Crippen LogP contribution in [0.1, 0.15) is 47.8 Å². The van der Waals surface area contributed by atoms with Crippen molar-refractivity contribution < 1.29 is 14.9 Å². The van der Waals surface area contributed by atoms with Crippen molar-refractivity contribution in [1.29, 1.82) is 0 Å². The van der Waals surface area contributed by atoms with Gasteiger partial charge in [0.25, 0.3) is 0 Å². The Morgan fingerprint density at radius 1 is 1.16 bits per heavy atom. The molecular formula is C27H26N2O3. The summed E-state index contributed by atoms with van der Waals surface area (Å²) in [6.45, 7) is 2.04. The number of phenols is 1. The van der Waals surface area contributed by atoms with E-state index in [4.69, 9.17) is 9.72 Å². The van der Waals surface area contributed by atoms with Gasteiger partial charge < -0.3 is 14.9 Å². The number of aromatic hydroxyl groups is 1. The van der Waals surface area contributed by atoms with Crippen LogP contribution in [0.2, 0.25) is 0 Å². The van der Waals surface area contributed by atoms with Gasteiger partial charge in [0.1, 0.15) is 0 Å². The van der Waals surface area contributed by atoms with Gasteiger partial charge in [0, 0.05) is 36.2 Å². The number of pyridine rings is 1. The molecule has 0 amide bonds. The van der Waals surface area contributed by atoms with Crippen molar-refractivity contribution in [2.24, 2.45) is 5.92 Å². The zero-order valence-corrected chi connectivity index (χ0v) is 17.9. The molecule has 5 heteroatoms. The van der Waals surface area contributed by atoms with Crippen molar-refractivity contribution in [3.05, 3.63) is 65.0 Å². The van der Waals surface area contributed by atoms with E-state index in [1.54, 1.807) is 6.07 Å². The van der Waals surface area contributed by atoms with Crippen LogP contribution in [0.4, 0.5) is 0 Å². The summed E-state index contributed by atoms with van der Waals surface area (Å²) in [4.78, 5) is 7.48. The number of hydrogen-bond donors (Lipinski definition) is 2. The highest BCUT2D eigenvalue weighted by atomic mass is 16.5. The van der Waals surface area contributed by atoms with Gasteiger partial charge >= 0.3 is 0 Å². The molecule has 2 N–H and O–H groups in total. The fourth-order valence-electron chi connectivity index (χ4n) is 7.57. The number of ether oxygens (including phenoxy) is 1. The van der Waals surface area contributed by atoms with Crippen molar-refractivity contribution in [2.45, 2.75) is 55.3 Å². The normalized spacial score (nSPS) is 34.2. The zero-order valence-electron chi connectivity index (χ0n) is 17.9. The maximum atomic E-state index is 12.8. The Morgan fingerprint density at radius 2 is 2.03 bits per heavy atom. The first kappa shape index (κ1) is 17.9. The van der Waals surface area contributed by atoms with Crippen LogP contribution in [0.3, 0.4) is 0 Å². The van der Waals surface area contributed by atoms with Gasteiger partial charge in [0.15, 0.2) is 17.6 Å². The Balaban J connectivity index is 1.43. The highest BCUT2D eigenvalue weighted by Gasteiger charge is 2.72. The van der Waals surface area contributed by atoms with Crippen molar-refractivity contribution in [2.75, 3.05) is 13.1 Å². The number of nitrogens with zero attached hydrogens (tertiary/aromatic N) is 2. The van der Waals surface area contributed by atoms with Crippen molar-refractivity contribution in [3.63, 3.8) is 0 Å². The van der Waals surface area contributed by atoms with Gasteiger partial charge in [-0.3, -0.25) is 9.88 Å². The lowest BCUT2D eigenvalue weighted by atomic mass is 9.48. The second-order valence-corrected chi connectivity index (χ2v) is 10.6. The van der Waals surface area contributed by atoms with E-state index in [-0.39, 0.29) is 17.9 Å². The molecule has 3 aliphatic carbocycles. The molecule has 4 atom stereocenters. The quantitative estimate of drug-likeness (QED) is 0.655. The van der Waals surface area contributed by atoms with Crippen molar-refractivity contribution >= 4 is 10.8 Å². The number of rotatable bonds is 2. The van der Waals surface area contributed by atoms with Gasteiger partial charge in [-0.15, -0.1) is 0 Å². The van der Waals surface area contributed by atoms with Crippen LogP contribution in [-0.4, -0.2) is 44.8 Å². The smallest absolute Gasteiger partial charge is 0.166 e. The lowest BCUT2D eigenvalue weighted by Crippen LogP contribution is -2.74. The van der Waals surface area contributed by atoms with Gasteiger partial charge in [-0.05, 0) is 60.7 Å². The second kappa shape index (κ2) is 5.64. The summed E-state index contributed by atoms with van der Waals surface area (Å²) in [6, 6.07) is 12.2. The minimum atomic E-state index is -0.949. The Bertz CT molecular complexity index is 1320. The second-order valence-electron chi connectivity index (χ2n) is 10.6. The number of aliphatic hydroxyl groups is 1. The summed E-state index contributed by atoms with van der Waals surface area (Å²) in [5.41, 5.74) is 2.82. The topological polar surface area (TPSA) is 65.8 Å². The fourth-order valence-corrected chi connectivity index (χ4v) is 7.57. The first-order valence-electron chi connectivity index (χ1n) is 11.9. The van der Waals surface area contributed by atoms with Crippen LogP contribution >= 0.6 is 0 Å².